The van der Waals surface area contributed by atoms with Crippen molar-refractivity contribution in [3.8, 4) is 5.69 Å². The molecule has 1 heterocycles. The molecule has 0 saturated carbocycles. The van der Waals surface area contributed by atoms with Crippen molar-refractivity contribution in [2.24, 2.45) is 0 Å². The van der Waals surface area contributed by atoms with Crippen LogP contribution in [0.3, 0.4) is 0 Å². The Hall–Kier alpha value is -2.60. The number of aromatic nitrogens is 1. The molecule has 1 N–H and O–H groups in total. The Morgan fingerprint density at radius 1 is 1.04 bits per heavy atom. The third-order valence-electron chi connectivity index (χ3n) is 4.26. The second kappa shape index (κ2) is 6.04. The molecule has 1 aromatic heterocycles. The van der Waals surface area contributed by atoms with Gasteiger partial charge in [-0.1, -0.05) is 18.2 Å². The van der Waals surface area contributed by atoms with Crippen molar-refractivity contribution in [2.75, 3.05) is 0 Å². The first-order valence-corrected chi connectivity index (χ1v) is 7.71. The van der Waals surface area contributed by atoms with Crippen LogP contribution < -0.4 is 5.56 Å². The van der Waals surface area contributed by atoms with Crippen molar-refractivity contribution < 1.29 is 18.3 Å². The Bertz CT molecular complexity index is 986. The number of alkyl halides is 3. The summed E-state index contributed by atoms with van der Waals surface area (Å²) in [6.07, 6.45) is -5.43. The van der Waals surface area contributed by atoms with Gasteiger partial charge in [-0.2, -0.15) is 13.2 Å². The lowest BCUT2D eigenvalue weighted by Crippen LogP contribution is -2.25. The predicted molar refractivity (Wildman–Crippen MR) is 89.9 cm³/mol. The van der Waals surface area contributed by atoms with E-state index in [-0.39, 0.29) is 5.56 Å². The van der Waals surface area contributed by atoms with Crippen LogP contribution >= 0.6 is 0 Å². The highest BCUT2D eigenvalue weighted by Gasteiger charge is 2.30. The monoisotopic (exact) mass is 347 g/mol. The Kier molecular flexibility index (Phi) is 4.16. The maximum absolute atomic E-state index is 12.9. The summed E-state index contributed by atoms with van der Waals surface area (Å²) in [4.78, 5) is 12.9. The van der Waals surface area contributed by atoms with Crippen LogP contribution in [-0.4, -0.2) is 9.67 Å². The molecule has 0 fully saturated rings. The largest absolute Gasteiger partial charge is 0.416 e. The van der Waals surface area contributed by atoms with Crippen LogP contribution in [-0.2, 0) is 6.18 Å². The Morgan fingerprint density at radius 3 is 2.20 bits per heavy atom. The number of rotatable bonds is 2. The average molecular weight is 347 g/mol. The van der Waals surface area contributed by atoms with Gasteiger partial charge in [-0.15, -0.1) is 0 Å². The first kappa shape index (κ1) is 17.2. The average Bonchev–Trinajstić information content (AvgIpc) is 2.54. The second-order valence-electron chi connectivity index (χ2n) is 5.92. The molecule has 0 radical (unpaired) electrons. The van der Waals surface area contributed by atoms with Crippen LogP contribution in [0, 0.1) is 6.92 Å². The topological polar surface area (TPSA) is 42.2 Å². The zero-order valence-corrected chi connectivity index (χ0v) is 13.6. The minimum absolute atomic E-state index is 0.235. The third-order valence-corrected chi connectivity index (χ3v) is 4.26. The molecule has 0 bridgehead atoms. The van der Waals surface area contributed by atoms with Crippen molar-refractivity contribution in [1.82, 2.24) is 4.57 Å². The molecule has 3 rings (SSSR count). The van der Waals surface area contributed by atoms with Crippen LogP contribution in [0.4, 0.5) is 13.2 Å². The highest BCUT2D eigenvalue weighted by molar-refractivity contribution is 5.85. The first-order valence-electron chi connectivity index (χ1n) is 7.71. The van der Waals surface area contributed by atoms with Crippen molar-refractivity contribution in [3.05, 3.63) is 75.6 Å². The van der Waals surface area contributed by atoms with E-state index in [1.165, 1.54) is 23.6 Å². The van der Waals surface area contributed by atoms with E-state index in [2.05, 4.69) is 0 Å². The van der Waals surface area contributed by atoms with Gasteiger partial charge in [0.05, 0.1) is 17.2 Å². The summed E-state index contributed by atoms with van der Waals surface area (Å²) in [6, 6.07) is 11.5. The molecule has 0 aliphatic heterocycles. The summed E-state index contributed by atoms with van der Waals surface area (Å²) in [7, 11) is 0. The molecule has 0 aliphatic rings. The van der Waals surface area contributed by atoms with Gasteiger partial charge >= 0.3 is 6.18 Å². The van der Waals surface area contributed by atoms with E-state index in [0.29, 0.717) is 16.8 Å². The molecule has 3 aromatic rings. The molecule has 1 atom stereocenters. The fourth-order valence-corrected chi connectivity index (χ4v) is 3.07. The maximum atomic E-state index is 12.9. The molecule has 1 unspecified atom stereocenters. The number of hydrogen-bond acceptors (Lipinski definition) is 2. The number of fused-ring (bicyclic) bond motifs is 1. The van der Waals surface area contributed by atoms with E-state index in [1.807, 2.05) is 12.1 Å². The molecule has 6 heteroatoms. The van der Waals surface area contributed by atoms with Crippen molar-refractivity contribution in [3.63, 3.8) is 0 Å². The number of nitrogens with zero attached hydrogens (tertiary/aromatic N) is 1. The summed E-state index contributed by atoms with van der Waals surface area (Å²) in [5.74, 6) is 0. The van der Waals surface area contributed by atoms with Gasteiger partial charge in [-0.3, -0.25) is 9.36 Å². The van der Waals surface area contributed by atoms with Gasteiger partial charge in [0.2, 0.25) is 0 Å². The zero-order valence-electron chi connectivity index (χ0n) is 13.6. The van der Waals surface area contributed by atoms with Crippen molar-refractivity contribution in [2.45, 2.75) is 26.1 Å². The van der Waals surface area contributed by atoms with Gasteiger partial charge in [0.1, 0.15) is 0 Å². The van der Waals surface area contributed by atoms with E-state index in [4.69, 9.17) is 0 Å². The van der Waals surface area contributed by atoms with Crippen molar-refractivity contribution >= 4 is 10.9 Å². The summed E-state index contributed by atoms with van der Waals surface area (Å²) >= 11 is 0. The molecule has 130 valence electrons. The molecule has 0 spiro atoms. The maximum Gasteiger partial charge on any atom is 0.416 e. The van der Waals surface area contributed by atoms with Crippen LogP contribution in [0.25, 0.3) is 16.6 Å². The van der Waals surface area contributed by atoms with E-state index in [0.717, 1.165) is 17.5 Å². The highest BCUT2D eigenvalue weighted by atomic mass is 19.4. The molecular weight excluding hydrogens is 331 g/mol. The Labute approximate surface area is 142 Å². The number of pyridine rings is 1. The van der Waals surface area contributed by atoms with Crippen LogP contribution in [0.1, 0.15) is 29.7 Å². The minimum atomic E-state index is -4.44. The second-order valence-corrected chi connectivity index (χ2v) is 5.92. The molecule has 2 aromatic carbocycles. The number of aliphatic hydroxyl groups is 1. The number of halogens is 3. The minimum Gasteiger partial charge on any atom is -0.388 e. The fourth-order valence-electron chi connectivity index (χ4n) is 3.07. The van der Waals surface area contributed by atoms with Gasteiger partial charge < -0.3 is 5.11 Å². The van der Waals surface area contributed by atoms with Gasteiger partial charge in [0, 0.05) is 16.6 Å². The fraction of sp³-hybridized carbons (Fsp3) is 0.211. The quantitative estimate of drug-likeness (QED) is 0.748. The number of hydrogen-bond donors (Lipinski definition) is 1. The summed E-state index contributed by atoms with van der Waals surface area (Å²) in [5, 5.41) is 10.8. The van der Waals surface area contributed by atoms with Gasteiger partial charge in [0.15, 0.2) is 0 Å². The third kappa shape index (κ3) is 2.93. The Balaban J connectivity index is 2.34. The molecule has 0 aliphatic carbocycles. The number of aliphatic hydroxyl groups excluding tert-OH is 1. The van der Waals surface area contributed by atoms with Crippen LogP contribution in [0.15, 0.2) is 53.3 Å². The van der Waals surface area contributed by atoms with Gasteiger partial charge in [-0.25, -0.2) is 0 Å². The molecule has 3 nitrogen and oxygen atoms in total. The molecule has 0 amide bonds. The zero-order chi connectivity index (χ0) is 18.4. The molecule has 25 heavy (non-hydrogen) atoms. The SMILES string of the molecule is Cc1c(C(C)O)c(=O)n(-c2ccc(C(F)(F)F)cc2)c2ccccc12. The standard InChI is InChI=1S/C19H16F3NO2/c1-11-15-5-3-4-6-16(15)23(18(25)17(11)12(2)24)14-9-7-13(8-10-14)19(20,21)22/h3-10,12,24H,1-2H3. The highest BCUT2D eigenvalue weighted by Crippen LogP contribution is 2.30. The number of aryl methyl sites for hydroxylation is 1. The lowest BCUT2D eigenvalue weighted by atomic mass is 10.0. The summed E-state index contributed by atoms with van der Waals surface area (Å²) in [6.45, 7) is 3.25. The van der Waals surface area contributed by atoms with E-state index >= 15 is 0 Å². The number of benzene rings is 2. The van der Waals surface area contributed by atoms with E-state index in [9.17, 15) is 23.1 Å². The molecule has 0 saturated heterocycles. The Morgan fingerprint density at radius 2 is 1.64 bits per heavy atom. The lowest BCUT2D eigenvalue weighted by molar-refractivity contribution is -0.137. The number of para-hydroxylation sites is 1. The normalized spacial score (nSPS) is 13.2. The smallest absolute Gasteiger partial charge is 0.388 e. The van der Waals surface area contributed by atoms with Crippen molar-refractivity contribution in [1.29, 1.82) is 0 Å². The predicted octanol–water partition coefficient (Wildman–Crippen LogP) is 4.37. The first-order chi connectivity index (χ1) is 11.7. The lowest BCUT2D eigenvalue weighted by Gasteiger charge is -2.18. The van der Waals surface area contributed by atoms with Crippen LogP contribution in [0.2, 0.25) is 0 Å². The van der Waals surface area contributed by atoms with E-state index < -0.39 is 23.4 Å². The van der Waals surface area contributed by atoms with Gasteiger partial charge in [-0.05, 0) is 49.7 Å². The summed E-state index contributed by atoms with van der Waals surface area (Å²) in [5.41, 5.74) is 0.574. The van der Waals surface area contributed by atoms with Crippen LogP contribution in [0.5, 0.6) is 0 Å². The summed E-state index contributed by atoms with van der Waals surface area (Å²) < 4.78 is 39.7. The molecular formula is C19H16F3NO2. The van der Waals surface area contributed by atoms with Gasteiger partial charge in [0.25, 0.3) is 5.56 Å². The van der Waals surface area contributed by atoms with E-state index in [1.54, 1.807) is 19.1 Å².